The highest BCUT2D eigenvalue weighted by Gasteiger charge is 2.22. The van der Waals surface area contributed by atoms with E-state index in [0.29, 0.717) is 0 Å². The summed E-state index contributed by atoms with van der Waals surface area (Å²) in [7, 11) is 0. The molecule has 0 aliphatic carbocycles. The van der Waals surface area contributed by atoms with E-state index >= 15 is 0 Å². The van der Waals surface area contributed by atoms with Crippen LogP contribution in [-0.4, -0.2) is 0 Å². The van der Waals surface area contributed by atoms with Gasteiger partial charge in [0.2, 0.25) is 0 Å². The lowest BCUT2D eigenvalue weighted by Crippen LogP contribution is -2.02. The summed E-state index contributed by atoms with van der Waals surface area (Å²) in [5.74, 6) is 0. The first kappa shape index (κ1) is 21.7. The van der Waals surface area contributed by atoms with Gasteiger partial charge in [-0.05, 0) is 35.5 Å². The van der Waals surface area contributed by atoms with E-state index in [1.165, 1.54) is 45.9 Å². The van der Waals surface area contributed by atoms with Gasteiger partial charge in [-0.1, -0.05) is 85.5 Å². The Balaban J connectivity index is 1.73. The largest absolute Gasteiger partial charge is 0.405 e. The number of thiophene rings is 2. The highest BCUT2D eigenvalue weighted by Crippen LogP contribution is 2.51. The van der Waals surface area contributed by atoms with Crippen LogP contribution in [0.2, 0.25) is 0 Å². The van der Waals surface area contributed by atoms with Crippen LogP contribution >= 0.6 is 22.7 Å². The molecular weight excluding hydrogens is 464 g/mol. The van der Waals surface area contributed by atoms with Crippen molar-refractivity contribution in [2.75, 3.05) is 5.32 Å². The number of hydrogen-bond acceptors (Lipinski definition) is 4. The van der Waals surface area contributed by atoms with Gasteiger partial charge in [-0.3, -0.25) is 0 Å². The molecule has 0 fully saturated rings. The first-order valence-corrected chi connectivity index (χ1v) is 13.2. The number of nitrogens with two attached hydrogens (primary N) is 1. The van der Waals surface area contributed by atoms with Gasteiger partial charge >= 0.3 is 0 Å². The van der Waals surface area contributed by atoms with Crippen molar-refractivity contribution >= 4 is 74.3 Å². The van der Waals surface area contributed by atoms with Crippen LogP contribution in [0.1, 0.15) is 11.1 Å². The van der Waals surface area contributed by atoms with Crippen molar-refractivity contribution in [3.63, 3.8) is 0 Å². The Bertz CT molecular complexity index is 1770. The van der Waals surface area contributed by atoms with Crippen molar-refractivity contribution in [2.45, 2.75) is 6.54 Å². The second-order valence-corrected chi connectivity index (χ2v) is 10.6. The zero-order valence-corrected chi connectivity index (χ0v) is 20.8. The van der Waals surface area contributed by atoms with Gasteiger partial charge in [0.25, 0.3) is 0 Å². The summed E-state index contributed by atoms with van der Waals surface area (Å²) < 4.78 is 5.19. The summed E-state index contributed by atoms with van der Waals surface area (Å²) in [6.45, 7) is 5.26. The van der Waals surface area contributed by atoms with Gasteiger partial charge in [-0.15, -0.1) is 22.7 Å². The van der Waals surface area contributed by atoms with Crippen LogP contribution in [-0.2, 0) is 6.54 Å². The van der Waals surface area contributed by atoms with Gasteiger partial charge < -0.3 is 11.1 Å². The summed E-state index contributed by atoms with van der Waals surface area (Å²) >= 11 is 3.73. The molecule has 0 aliphatic heterocycles. The third-order valence-corrected chi connectivity index (χ3v) is 8.67. The molecule has 2 aromatic heterocycles. The average Bonchev–Trinajstić information content (AvgIpc) is 3.46. The number of fused-ring (bicyclic) bond motifs is 7. The molecule has 4 heteroatoms. The third kappa shape index (κ3) is 3.72. The Hall–Kier alpha value is -3.86. The molecule has 0 spiro atoms. The average molecular weight is 489 g/mol. The molecule has 0 saturated carbocycles. The van der Waals surface area contributed by atoms with E-state index in [4.69, 9.17) is 5.73 Å². The quantitative estimate of drug-likeness (QED) is 0.229. The summed E-state index contributed by atoms with van der Waals surface area (Å²) in [6.07, 6.45) is 7.39. The van der Waals surface area contributed by atoms with E-state index < -0.39 is 0 Å². The maximum absolute atomic E-state index is 5.59. The molecule has 2 nitrogen and oxygen atoms in total. The molecule has 170 valence electrons. The highest BCUT2D eigenvalue weighted by molar-refractivity contribution is 7.30. The minimum absolute atomic E-state index is 0.741. The Labute approximate surface area is 212 Å². The monoisotopic (exact) mass is 488 g/mol. The Morgan fingerprint density at radius 1 is 0.771 bits per heavy atom. The molecule has 0 saturated heterocycles. The fourth-order valence-corrected chi connectivity index (χ4v) is 7.33. The maximum Gasteiger partial charge on any atom is 0.0611 e. The van der Waals surface area contributed by atoms with Crippen LogP contribution in [0, 0.1) is 0 Å². The van der Waals surface area contributed by atoms with Gasteiger partial charge in [0.1, 0.15) is 0 Å². The molecule has 0 amide bonds. The molecule has 0 radical (unpaired) electrons. The van der Waals surface area contributed by atoms with Crippen molar-refractivity contribution in [1.29, 1.82) is 0 Å². The van der Waals surface area contributed by atoms with Crippen molar-refractivity contribution in [2.24, 2.45) is 5.73 Å². The zero-order valence-electron chi connectivity index (χ0n) is 19.1. The molecule has 35 heavy (non-hydrogen) atoms. The van der Waals surface area contributed by atoms with E-state index in [0.717, 1.165) is 23.4 Å². The van der Waals surface area contributed by atoms with Gasteiger partial charge in [-0.25, -0.2) is 0 Å². The summed E-state index contributed by atoms with van der Waals surface area (Å²) in [5, 5.41) is 9.01. The van der Waals surface area contributed by atoms with Crippen molar-refractivity contribution in [1.82, 2.24) is 0 Å². The summed E-state index contributed by atoms with van der Waals surface area (Å²) in [4.78, 5) is 0. The zero-order chi connectivity index (χ0) is 23.8. The number of nitrogens with one attached hydrogen (secondary N) is 1. The number of benzene rings is 4. The lowest BCUT2D eigenvalue weighted by atomic mass is 9.95. The summed E-state index contributed by atoms with van der Waals surface area (Å²) in [6, 6.07) is 28.0. The second kappa shape index (κ2) is 9.06. The molecule has 6 aromatic rings. The van der Waals surface area contributed by atoms with Crippen LogP contribution < -0.4 is 11.1 Å². The molecule has 0 aliphatic rings. The van der Waals surface area contributed by atoms with Crippen molar-refractivity contribution in [3.8, 4) is 0 Å². The predicted octanol–water partition coefficient (Wildman–Crippen LogP) is 9.08. The van der Waals surface area contributed by atoms with Gasteiger partial charge in [-0.2, -0.15) is 0 Å². The summed E-state index contributed by atoms with van der Waals surface area (Å²) in [5.41, 5.74) is 10.1. The van der Waals surface area contributed by atoms with E-state index in [-0.39, 0.29) is 0 Å². The van der Waals surface area contributed by atoms with Gasteiger partial charge in [0.15, 0.2) is 0 Å². The number of rotatable bonds is 6. The van der Waals surface area contributed by atoms with Crippen LogP contribution in [0.25, 0.3) is 45.9 Å². The Morgan fingerprint density at radius 3 is 2.11 bits per heavy atom. The third-order valence-electron chi connectivity index (χ3n) is 6.30. The van der Waals surface area contributed by atoms with Crippen LogP contribution in [0.5, 0.6) is 0 Å². The maximum atomic E-state index is 5.59. The number of allylic oxidation sites excluding steroid dienone is 4. The van der Waals surface area contributed by atoms with Crippen molar-refractivity contribution in [3.05, 3.63) is 121 Å². The van der Waals surface area contributed by atoms with Crippen LogP contribution in [0.15, 0.2) is 110 Å². The van der Waals surface area contributed by atoms with Crippen molar-refractivity contribution < 1.29 is 0 Å². The molecule has 0 bridgehead atoms. The van der Waals surface area contributed by atoms with E-state index in [1.54, 1.807) is 6.20 Å². The topological polar surface area (TPSA) is 38.0 Å². The number of anilines is 1. The minimum atomic E-state index is 0.741. The fraction of sp³-hybridized carbons (Fsp3) is 0.0323. The van der Waals surface area contributed by atoms with Gasteiger partial charge in [0, 0.05) is 47.8 Å². The molecule has 3 N–H and O–H groups in total. The van der Waals surface area contributed by atoms with E-state index in [1.807, 2.05) is 34.8 Å². The first-order chi connectivity index (χ1) is 17.3. The molecule has 6 rings (SSSR count). The van der Waals surface area contributed by atoms with Crippen LogP contribution in [0.4, 0.5) is 5.69 Å². The predicted molar refractivity (Wildman–Crippen MR) is 157 cm³/mol. The van der Waals surface area contributed by atoms with E-state index in [9.17, 15) is 0 Å². The second-order valence-electron chi connectivity index (χ2n) is 8.46. The lowest BCUT2D eigenvalue weighted by molar-refractivity contribution is 1.15. The highest BCUT2D eigenvalue weighted by atomic mass is 32.1. The standard InChI is InChI=1S/C31H24N2S2/c1-20(11-9-10-18-32)26-27-22-14-5-7-16-24(22)34-30(27)28-23-15-6-8-17-25(23)35-31(28)29(26)33-19-21-12-3-2-4-13-21/h2-18,33H,1,19,32H2/b11-9-,18-10-. The number of hydrogen-bond donors (Lipinski definition) is 2. The smallest absolute Gasteiger partial charge is 0.0611 e. The molecule has 4 aromatic carbocycles. The fourth-order valence-electron chi connectivity index (χ4n) is 4.75. The SMILES string of the molecule is C=C(/C=C\C=C/N)c1c(NCc2ccccc2)c2sc3ccccc3c2c2sc3ccccc3c12. The Morgan fingerprint density at radius 2 is 1.40 bits per heavy atom. The molecule has 0 atom stereocenters. The molecular formula is C31H24N2S2. The first-order valence-electron chi connectivity index (χ1n) is 11.6. The lowest BCUT2D eigenvalue weighted by Gasteiger charge is -2.16. The minimum Gasteiger partial charge on any atom is -0.405 e. The molecule has 0 unspecified atom stereocenters. The van der Waals surface area contributed by atoms with Crippen LogP contribution in [0.3, 0.4) is 0 Å². The van der Waals surface area contributed by atoms with E-state index in [2.05, 4.69) is 96.8 Å². The normalized spacial score (nSPS) is 12.1. The van der Waals surface area contributed by atoms with Gasteiger partial charge in [0.05, 0.1) is 10.4 Å². The molecule has 2 heterocycles. The Kier molecular flexibility index (Phi) is 5.61.